The Morgan fingerprint density at radius 1 is 1.43 bits per heavy atom. The molecule has 0 unspecified atom stereocenters. The average molecular weight is 192 g/mol. The Balaban J connectivity index is 2.83. The van der Waals surface area contributed by atoms with E-state index >= 15 is 0 Å². The van der Waals surface area contributed by atoms with E-state index in [0.29, 0.717) is 0 Å². The van der Waals surface area contributed by atoms with Crippen molar-refractivity contribution in [3.63, 3.8) is 0 Å². The molecule has 0 saturated carbocycles. The van der Waals surface area contributed by atoms with Gasteiger partial charge < -0.3 is 4.74 Å². The average Bonchev–Trinajstić information content (AvgIpc) is 2.59. The summed E-state index contributed by atoms with van der Waals surface area (Å²) in [5, 5.41) is 0. The fraction of sp³-hybridized carbons (Fsp3) is 0.538. The van der Waals surface area contributed by atoms with Crippen LogP contribution in [0.25, 0.3) is 0 Å². The summed E-state index contributed by atoms with van der Waals surface area (Å²) >= 11 is 0. The SMILES string of the molecule is C=C(CC)/C(=C\C1=C(C)CCO1)CC. The summed E-state index contributed by atoms with van der Waals surface area (Å²) in [4.78, 5) is 0. The van der Waals surface area contributed by atoms with Crippen LogP contribution in [-0.2, 0) is 4.74 Å². The molecular weight excluding hydrogens is 172 g/mol. The number of hydrogen-bond acceptors (Lipinski definition) is 1. The first-order chi connectivity index (χ1) is 6.69. The van der Waals surface area contributed by atoms with Crippen LogP contribution >= 0.6 is 0 Å². The van der Waals surface area contributed by atoms with Crippen molar-refractivity contribution in [1.29, 1.82) is 0 Å². The Bertz CT molecular complexity index is 282. The lowest BCUT2D eigenvalue weighted by atomic mass is 10.0. The van der Waals surface area contributed by atoms with Crippen LogP contribution in [0.4, 0.5) is 0 Å². The van der Waals surface area contributed by atoms with Crippen molar-refractivity contribution < 1.29 is 4.74 Å². The van der Waals surface area contributed by atoms with Gasteiger partial charge in [-0.1, -0.05) is 26.0 Å². The number of rotatable bonds is 4. The molecule has 1 nitrogen and oxygen atoms in total. The van der Waals surface area contributed by atoms with E-state index in [1.165, 1.54) is 16.7 Å². The second kappa shape index (κ2) is 5.04. The molecular formula is C13H20O. The van der Waals surface area contributed by atoms with E-state index < -0.39 is 0 Å². The van der Waals surface area contributed by atoms with E-state index in [-0.39, 0.29) is 0 Å². The van der Waals surface area contributed by atoms with Crippen molar-refractivity contribution in [1.82, 2.24) is 0 Å². The number of allylic oxidation sites excluding steroid dienone is 3. The molecule has 1 heteroatoms. The smallest absolute Gasteiger partial charge is 0.118 e. The van der Waals surface area contributed by atoms with Crippen molar-refractivity contribution in [2.45, 2.75) is 40.0 Å². The van der Waals surface area contributed by atoms with E-state index in [1.807, 2.05) is 0 Å². The molecule has 0 aromatic rings. The lowest BCUT2D eigenvalue weighted by Crippen LogP contribution is -1.89. The second-order valence-electron chi connectivity index (χ2n) is 3.72. The maximum absolute atomic E-state index is 5.55. The fourth-order valence-corrected chi connectivity index (χ4v) is 1.56. The van der Waals surface area contributed by atoms with Crippen molar-refractivity contribution in [2.75, 3.05) is 6.61 Å². The molecule has 0 aromatic carbocycles. The van der Waals surface area contributed by atoms with E-state index in [2.05, 4.69) is 33.4 Å². The van der Waals surface area contributed by atoms with Crippen LogP contribution in [0.5, 0.6) is 0 Å². The lowest BCUT2D eigenvalue weighted by molar-refractivity contribution is 0.256. The highest BCUT2D eigenvalue weighted by atomic mass is 16.5. The molecule has 14 heavy (non-hydrogen) atoms. The van der Waals surface area contributed by atoms with Crippen LogP contribution in [0.15, 0.2) is 35.1 Å². The van der Waals surface area contributed by atoms with Crippen LogP contribution in [0.1, 0.15) is 40.0 Å². The van der Waals surface area contributed by atoms with Gasteiger partial charge in [0.05, 0.1) is 6.61 Å². The Kier molecular flexibility index (Phi) is 3.99. The first kappa shape index (κ1) is 11.1. The Morgan fingerprint density at radius 2 is 2.14 bits per heavy atom. The first-order valence-electron chi connectivity index (χ1n) is 5.40. The van der Waals surface area contributed by atoms with Crippen molar-refractivity contribution in [3.8, 4) is 0 Å². The molecule has 1 heterocycles. The summed E-state index contributed by atoms with van der Waals surface area (Å²) in [6.07, 6.45) is 5.29. The standard InChI is InChI=1S/C13H20O/c1-5-10(3)12(6-2)9-13-11(4)7-8-14-13/h9H,3,5-8H2,1-2,4H3/b12-9-. The largest absolute Gasteiger partial charge is 0.493 e. The number of hydrogen-bond donors (Lipinski definition) is 0. The summed E-state index contributed by atoms with van der Waals surface area (Å²) < 4.78 is 5.55. The van der Waals surface area contributed by atoms with Crippen LogP contribution < -0.4 is 0 Å². The molecule has 0 N–H and O–H groups in total. The summed E-state index contributed by atoms with van der Waals surface area (Å²) in [6.45, 7) is 11.4. The van der Waals surface area contributed by atoms with E-state index in [0.717, 1.165) is 31.6 Å². The Labute approximate surface area is 87.2 Å². The molecule has 0 aliphatic carbocycles. The molecule has 0 saturated heterocycles. The summed E-state index contributed by atoms with van der Waals surface area (Å²) in [7, 11) is 0. The highest BCUT2D eigenvalue weighted by Gasteiger charge is 2.10. The second-order valence-corrected chi connectivity index (χ2v) is 3.72. The molecule has 1 rings (SSSR count). The van der Waals surface area contributed by atoms with E-state index in [4.69, 9.17) is 4.74 Å². The molecule has 0 amide bonds. The van der Waals surface area contributed by atoms with Gasteiger partial charge >= 0.3 is 0 Å². The van der Waals surface area contributed by atoms with Gasteiger partial charge in [0.1, 0.15) is 5.76 Å². The molecule has 1 aliphatic heterocycles. The summed E-state index contributed by atoms with van der Waals surface area (Å²) in [5.74, 6) is 1.07. The molecule has 1 aliphatic rings. The van der Waals surface area contributed by atoms with Gasteiger partial charge in [-0.25, -0.2) is 0 Å². The maximum Gasteiger partial charge on any atom is 0.118 e. The highest BCUT2D eigenvalue weighted by Crippen LogP contribution is 2.24. The third kappa shape index (κ3) is 2.50. The Morgan fingerprint density at radius 3 is 2.57 bits per heavy atom. The minimum atomic E-state index is 0.841. The van der Waals surface area contributed by atoms with Crippen LogP contribution in [0.3, 0.4) is 0 Å². The van der Waals surface area contributed by atoms with Gasteiger partial charge in [-0.05, 0) is 37.0 Å². The van der Waals surface area contributed by atoms with Crippen LogP contribution in [0.2, 0.25) is 0 Å². The van der Waals surface area contributed by atoms with Crippen LogP contribution in [0, 0.1) is 0 Å². The minimum Gasteiger partial charge on any atom is -0.493 e. The highest BCUT2D eigenvalue weighted by molar-refractivity contribution is 5.35. The topological polar surface area (TPSA) is 9.23 Å². The molecule has 0 aromatic heterocycles. The van der Waals surface area contributed by atoms with Gasteiger partial charge in [0, 0.05) is 6.42 Å². The third-order valence-corrected chi connectivity index (χ3v) is 2.72. The van der Waals surface area contributed by atoms with Gasteiger partial charge in [-0.3, -0.25) is 0 Å². The van der Waals surface area contributed by atoms with Gasteiger partial charge in [-0.15, -0.1) is 0 Å². The van der Waals surface area contributed by atoms with Gasteiger partial charge in [0.2, 0.25) is 0 Å². The van der Waals surface area contributed by atoms with Gasteiger partial charge in [-0.2, -0.15) is 0 Å². The summed E-state index contributed by atoms with van der Waals surface area (Å²) in [5.41, 5.74) is 3.91. The van der Waals surface area contributed by atoms with Gasteiger partial charge in [0.15, 0.2) is 0 Å². The minimum absolute atomic E-state index is 0.841. The molecule has 78 valence electrons. The summed E-state index contributed by atoms with van der Waals surface area (Å²) in [6, 6.07) is 0. The quantitative estimate of drug-likeness (QED) is 0.612. The lowest BCUT2D eigenvalue weighted by Gasteiger charge is -2.07. The van der Waals surface area contributed by atoms with E-state index in [9.17, 15) is 0 Å². The van der Waals surface area contributed by atoms with Crippen LogP contribution in [-0.4, -0.2) is 6.61 Å². The first-order valence-corrected chi connectivity index (χ1v) is 5.40. The number of ether oxygens (including phenoxy) is 1. The third-order valence-electron chi connectivity index (χ3n) is 2.72. The van der Waals surface area contributed by atoms with E-state index in [1.54, 1.807) is 0 Å². The predicted molar refractivity (Wildman–Crippen MR) is 61.1 cm³/mol. The molecule has 0 spiro atoms. The molecule has 0 bridgehead atoms. The van der Waals surface area contributed by atoms with Gasteiger partial charge in [0.25, 0.3) is 0 Å². The zero-order valence-corrected chi connectivity index (χ0v) is 9.52. The normalized spacial score (nSPS) is 17.2. The molecule has 0 fully saturated rings. The maximum atomic E-state index is 5.55. The Hall–Kier alpha value is -0.980. The van der Waals surface area contributed by atoms with Crippen molar-refractivity contribution in [2.24, 2.45) is 0 Å². The monoisotopic (exact) mass is 192 g/mol. The fourth-order valence-electron chi connectivity index (χ4n) is 1.56. The van der Waals surface area contributed by atoms with Crippen molar-refractivity contribution in [3.05, 3.63) is 35.1 Å². The predicted octanol–water partition coefficient (Wildman–Crippen LogP) is 3.98. The zero-order valence-electron chi connectivity index (χ0n) is 9.52. The van der Waals surface area contributed by atoms with Crippen molar-refractivity contribution >= 4 is 0 Å². The molecule has 0 atom stereocenters. The zero-order chi connectivity index (χ0) is 10.6. The molecule has 0 radical (unpaired) electrons.